The van der Waals surface area contributed by atoms with Crippen LogP contribution in [-0.4, -0.2) is 7.11 Å². The number of ether oxygens (including phenoxy) is 1. The fourth-order valence-electron chi connectivity index (χ4n) is 0.192. The monoisotopic (exact) mass is 117 g/mol. The molecule has 0 aromatic rings. The van der Waals surface area contributed by atoms with E-state index in [2.05, 4.69) is 33.9 Å². The summed E-state index contributed by atoms with van der Waals surface area (Å²) in [7, 11) is 1.52. The third-order valence-corrected chi connectivity index (χ3v) is 0.446. The Morgan fingerprint density at radius 1 is 1.44 bits per heavy atom. The summed E-state index contributed by atoms with van der Waals surface area (Å²) in [5, 5.41) is 0. The number of methoxy groups -OCH3 is 1. The van der Waals surface area contributed by atoms with Gasteiger partial charge < -0.3 is 4.74 Å². The van der Waals surface area contributed by atoms with Gasteiger partial charge in [0, 0.05) is 0 Å². The Morgan fingerprint density at radius 3 is 2.78 bits per heavy atom. The van der Waals surface area contributed by atoms with Gasteiger partial charge in [-0.1, -0.05) is 5.92 Å². The van der Waals surface area contributed by atoms with Crippen molar-refractivity contribution < 1.29 is 4.74 Å². The molecule has 1 radical (unpaired) electrons. The van der Waals surface area contributed by atoms with Gasteiger partial charge in [-0.2, -0.15) is 0 Å². The van der Waals surface area contributed by atoms with Crippen molar-refractivity contribution in [2.75, 3.05) is 7.11 Å². The van der Waals surface area contributed by atoms with Crippen LogP contribution < -0.4 is 0 Å². The summed E-state index contributed by atoms with van der Waals surface area (Å²) in [6.45, 7) is 0. The van der Waals surface area contributed by atoms with Crippen LogP contribution in [0.2, 0.25) is 0 Å². The minimum Gasteiger partial charge on any atom is -0.496 e. The van der Waals surface area contributed by atoms with E-state index in [1.807, 2.05) is 0 Å². The lowest BCUT2D eigenvalue weighted by Crippen LogP contribution is -1.56. The Kier molecular flexibility index (Phi) is 5.32. The van der Waals surface area contributed by atoms with E-state index in [0.29, 0.717) is 0 Å². The SMILES string of the molecule is C#C[C]=C=C=C=COC. The van der Waals surface area contributed by atoms with Gasteiger partial charge in [-0.25, -0.2) is 0 Å². The van der Waals surface area contributed by atoms with E-state index in [-0.39, 0.29) is 0 Å². The average molecular weight is 117 g/mol. The molecule has 0 unspecified atom stereocenters. The Morgan fingerprint density at radius 2 is 2.22 bits per heavy atom. The molecule has 1 heteroatoms. The molecular formula is C8H5O. The summed E-state index contributed by atoms with van der Waals surface area (Å²) in [6.07, 6.45) is 8.48. The van der Waals surface area contributed by atoms with E-state index in [1.165, 1.54) is 13.4 Å². The quantitative estimate of drug-likeness (QED) is 0.283. The van der Waals surface area contributed by atoms with Crippen molar-refractivity contribution in [3.63, 3.8) is 0 Å². The van der Waals surface area contributed by atoms with Gasteiger partial charge in [0.1, 0.15) is 6.26 Å². The zero-order chi connectivity index (χ0) is 6.95. The van der Waals surface area contributed by atoms with Gasteiger partial charge in [0.05, 0.1) is 13.2 Å². The van der Waals surface area contributed by atoms with Crippen molar-refractivity contribution in [3.8, 4) is 12.3 Å². The molecule has 0 aromatic heterocycles. The summed E-state index contributed by atoms with van der Waals surface area (Å²) >= 11 is 0. The van der Waals surface area contributed by atoms with E-state index in [0.717, 1.165) is 0 Å². The number of allylic oxidation sites excluding steroid dienone is 1. The van der Waals surface area contributed by atoms with Crippen LogP contribution in [0, 0.1) is 18.4 Å². The second-order valence-electron chi connectivity index (χ2n) is 1.02. The summed E-state index contributed by atoms with van der Waals surface area (Å²) < 4.78 is 4.50. The molecule has 0 amide bonds. The molecule has 0 aromatic carbocycles. The average Bonchev–Trinajstić information content (AvgIpc) is 1.89. The summed E-state index contributed by atoms with van der Waals surface area (Å²) in [4.78, 5) is 0. The van der Waals surface area contributed by atoms with Crippen LogP contribution in [0.5, 0.6) is 0 Å². The van der Waals surface area contributed by atoms with Gasteiger partial charge in [-0.3, -0.25) is 0 Å². The van der Waals surface area contributed by atoms with Crippen molar-refractivity contribution in [3.05, 3.63) is 29.5 Å². The number of hydrogen-bond donors (Lipinski definition) is 0. The lowest BCUT2D eigenvalue weighted by molar-refractivity contribution is 0.339. The van der Waals surface area contributed by atoms with Gasteiger partial charge in [0.15, 0.2) is 0 Å². The zero-order valence-electron chi connectivity index (χ0n) is 5.06. The van der Waals surface area contributed by atoms with Crippen LogP contribution in [0.3, 0.4) is 0 Å². The molecular weight excluding hydrogens is 112 g/mol. The molecule has 0 saturated carbocycles. The third-order valence-electron chi connectivity index (χ3n) is 0.446. The number of rotatable bonds is 1. The Labute approximate surface area is 54.6 Å². The number of terminal acetylenes is 1. The molecule has 1 nitrogen and oxygen atoms in total. The minimum atomic E-state index is 1.34. The zero-order valence-corrected chi connectivity index (χ0v) is 5.06. The Hall–Kier alpha value is -1.56. The second kappa shape index (κ2) is 6.44. The predicted octanol–water partition coefficient (Wildman–Crippen LogP) is 1.05. The van der Waals surface area contributed by atoms with Crippen LogP contribution in [0.1, 0.15) is 0 Å². The van der Waals surface area contributed by atoms with Crippen LogP contribution in [0.4, 0.5) is 0 Å². The second-order valence-corrected chi connectivity index (χ2v) is 1.02. The highest BCUT2D eigenvalue weighted by Crippen LogP contribution is 1.62. The van der Waals surface area contributed by atoms with E-state index in [1.54, 1.807) is 0 Å². The largest absolute Gasteiger partial charge is 0.496 e. The molecule has 0 atom stereocenters. The first-order valence-electron chi connectivity index (χ1n) is 2.22. The molecule has 0 aliphatic carbocycles. The third kappa shape index (κ3) is 6.44. The molecule has 9 heavy (non-hydrogen) atoms. The summed E-state index contributed by atoms with van der Waals surface area (Å²) in [5.41, 5.74) is 7.37. The predicted molar refractivity (Wildman–Crippen MR) is 34.2 cm³/mol. The minimum absolute atomic E-state index is 1.34. The molecule has 0 N–H and O–H groups in total. The van der Waals surface area contributed by atoms with Crippen LogP contribution in [-0.2, 0) is 4.74 Å². The van der Waals surface area contributed by atoms with Gasteiger partial charge in [-0.15, -0.1) is 6.42 Å². The van der Waals surface area contributed by atoms with E-state index in [4.69, 9.17) is 6.42 Å². The standard InChI is InChI=1S/C8H5O/c1-3-4-5-6-7-8-9-2/h1,8H,2H3. The van der Waals surface area contributed by atoms with Crippen molar-refractivity contribution in [1.29, 1.82) is 0 Å². The molecule has 0 heterocycles. The fourth-order valence-corrected chi connectivity index (χ4v) is 0.192. The molecule has 0 aliphatic rings. The summed E-state index contributed by atoms with van der Waals surface area (Å²) in [6, 6.07) is 0. The van der Waals surface area contributed by atoms with Crippen LogP contribution >= 0.6 is 0 Å². The highest BCUT2D eigenvalue weighted by Gasteiger charge is 1.49. The summed E-state index contributed by atoms with van der Waals surface area (Å²) in [5.74, 6) is 2.13. The smallest absolute Gasteiger partial charge is 0.133 e. The van der Waals surface area contributed by atoms with Crippen molar-refractivity contribution in [2.24, 2.45) is 0 Å². The Bertz CT molecular complexity index is 224. The van der Waals surface area contributed by atoms with Crippen LogP contribution in [0.15, 0.2) is 23.5 Å². The van der Waals surface area contributed by atoms with Crippen molar-refractivity contribution in [2.45, 2.75) is 0 Å². The molecule has 0 rings (SSSR count). The molecule has 0 spiro atoms. The maximum atomic E-state index is 4.81. The van der Waals surface area contributed by atoms with Crippen molar-refractivity contribution in [1.82, 2.24) is 0 Å². The van der Waals surface area contributed by atoms with Crippen LogP contribution in [0.25, 0.3) is 0 Å². The highest BCUT2D eigenvalue weighted by molar-refractivity contribution is 5.00. The van der Waals surface area contributed by atoms with E-state index in [9.17, 15) is 0 Å². The van der Waals surface area contributed by atoms with Gasteiger partial charge >= 0.3 is 0 Å². The Balaban J connectivity index is 4.16. The first-order chi connectivity index (χ1) is 4.41. The molecule has 0 fully saturated rings. The van der Waals surface area contributed by atoms with Gasteiger partial charge in [0.2, 0.25) is 0 Å². The lowest BCUT2D eigenvalue weighted by atomic mass is 10.6. The maximum absolute atomic E-state index is 4.81. The normalized spacial score (nSPS) is 4.89. The van der Waals surface area contributed by atoms with E-state index >= 15 is 0 Å². The van der Waals surface area contributed by atoms with Crippen molar-refractivity contribution >= 4 is 0 Å². The first-order valence-corrected chi connectivity index (χ1v) is 2.22. The maximum Gasteiger partial charge on any atom is 0.133 e. The molecule has 43 valence electrons. The topological polar surface area (TPSA) is 9.23 Å². The highest BCUT2D eigenvalue weighted by atomic mass is 16.5. The first kappa shape index (κ1) is 7.44. The van der Waals surface area contributed by atoms with Gasteiger partial charge in [0.25, 0.3) is 0 Å². The van der Waals surface area contributed by atoms with Gasteiger partial charge in [-0.05, 0) is 17.2 Å². The lowest BCUT2D eigenvalue weighted by Gasteiger charge is -1.73. The fraction of sp³-hybridized carbons (Fsp3) is 0.125. The molecule has 0 aliphatic heterocycles. The molecule has 0 saturated heterocycles. The van der Waals surface area contributed by atoms with E-state index < -0.39 is 0 Å². The number of hydrogen-bond acceptors (Lipinski definition) is 1. The molecule has 0 bridgehead atoms.